The van der Waals surface area contributed by atoms with Gasteiger partial charge in [-0.2, -0.15) is 13.2 Å². The molecule has 34 heavy (non-hydrogen) atoms. The number of alkyl halides is 3. The van der Waals surface area contributed by atoms with Crippen LogP contribution in [-0.4, -0.2) is 67.8 Å². The van der Waals surface area contributed by atoms with E-state index in [4.69, 9.17) is 0 Å². The lowest BCUT2D eigenvalue weighted by molar-refractivity contribution is -0.139. The van der Waals surface area contributed by atoms with E-state index in [9.17, 15) is 21.6 Å². The predicted octanol–water partition coefficient (Wildman–Crippen LogP) is 3.83. The van der Waals surface area contributed by atoms with Crippen LogP contribution in [0.4, 0.5) is 29.9 Å². The van der Waals surface area contributed by atoms with E-state index >= 15 is 0 Å². The Balaban J connectivity index is 1.61. The molecule has 4 rings (SSSR count). The summed E-state index contributed by atoms with van der Waals surface area (Å²) in [7, 11) is -1.98. The van der Waals surface area contributed by atoms with Crippen LogP contribution < -0.4 is 10.2 Å². The summed E-state index contributed by atoms with van der Waals surface area (Å²) in [5.74, 6) is 1.21. The maximum Gasteiger partial charge on any atom is 0.417 e. The topological polar surface area (TPSA) is 91.3 Å². The summed E-state index contributed by atoms with van der Waals surface area (Å²) in [4.78, 5) is 17.4. The van der Waals surface area contributed by atoms with Gasteiger partial charge in [-0.15, -0.1) is 0 Å². The van der Waals surface area contributed by atoms with Crippen LogP contribution >= 0.6 is 11.3 Å². The molecule has 1 aliphatic rings. The molecule has 0 atom stereocenters. The van der Waals surface area contributed by atoms with Crippen LogP contribution in [0.1, 0.15) is 11.3 Å². The average Bonchev–Trinajstić information content (AvgIpc) is 3.12. The molecular weight excluding hydrogens is 489 g/mol. The second-order valence-corrected chi connectivity index (χ2v) is 11.1. The van der Waals surface area contributed by atoms with Crippen molar-refractivity contribution in [3.05, 3.63) is 41.9 Å². The van der Waals surface area contributed by atoms with Crippen LogP contribution in [-0.2, 0) is 16.0 Å². The van der Waals surface area contributed by atoms with E-state index in [-0.39, 0.29) is 5.56 Å². The Labute approximate surface area is 199 Å². The van der Waals surface area contributed by atoms with E-state index < -0.39 is 26.5 Å². The number of aryl methyl sites for hydroxylation is 1. The summed E-state index contributed by atoms with van der Waals surface area (Å²) < 4.78 is 64.4. The maximum atomic E-state index is 13.6. The third-order valence-electron chi connectivity index (χ3n) is 5.43. The van der Waals surface area contributed by atoms with Gasteiger partial charge < -0.3 is 15.1 Å². The standard InChI is InChI=1S/C21H23F3N6O2S2/c1-13-19(14-4-5-16(34(3,31)32)15(10-14)21(22,23)24)33-20(26-13)28-17-11-25-12-18(27-17)30-8-6-29(2)7-9-30/h4-5,10-12H,6-9H2,1-3H3,(H,26,27,28). The molecule has 182 valence electrons. The van der Waals surface area contributed by atoms with Gasteiger partial charge in [-0.25, -0.2) is 18.4 Å². The van der Waals surface area contributed by atoms with Crippen LogP contribution in [0.2, 0.25) is 0 Å². The average molecular weight is 513 g/mol. The fourth-order valence-electron chi connectivity index (χ4n) is 3.65. The third kappa shape index (κ3) is 5.31. The molecular formula is C21H23F3N6O2S2. The Morgan fingerprint density at radius 2 is 1.79 bits per heavy atom. The van der Waals surface area contributed by atoms with Crippen molar-refractivity contribution < 1.29 is 21.6 Å². The molecule has 0 aliphatic carbocycles. The molecule has 0 radical (unpaired) electrons. The second-order valence-electron chi connectivity index (χ2n) is 8.09. The monoisotopic (exact) mass is 512 g/mol. The van der Waals surface area contributed by atoms with Crippen LogP contribution in [0.5, 0.6) is 0 Å². The number of likely N-dealkylation sites (N-methyl/N-ethyl adjacent to an activating group) is 1. The summed E-state index contributed by atoms with van der Waals surface area (Å²) in [5.41, 5.74) is -0.448. The highest BCUT2D eigenvalue weighted by Crippen LogP contribution is 2.40. The van der Waals surface area contributed by atoms with Gasteiger partial charge in [0.2, 0.25) is 0 Å². The number of halogens is 3. The zero-order valence-electron chi connectivity index (χ0n) is 18.7. The van der Waals surface area contributed by atoms with Crippen LogP contribution in [0.3, 0.4) is 0 Å². The Morgan fingerprint density at radius 3 is 2.44 bits per heavy atom. The lowest BCUT2D eigenvalue weighted by atomic mass is 10.1. The highest BCUT2D eigenvalue weighted by atomic mass is 32.2. The summed E-state index contributed by atoms with van der Waals surface area (Å²) in [6.45, 7) is 5.19. The van der Waals surface area contributed by atoms with E-state index in [1.807, 2.05) is 0 Å². The summed E-state index contributed by atoms with van der Waals surface area (Å²) in [6.07, 6.45) is -0.808. The number of sulfone groups is 1. The van der Waals surface area contributed by atoms with Gasteiger partial charge >= 0.3 is 6.18 Å². The first kappa shape index (κ1) is 24.4. The van der Waals surface area contributed by atoms with Crippen molar-refractivity contribution in [1.29, 1.82) is 0 Å². The molecule has 0 unspecified atom stereocenters. The van der Waals surface area contributed by atoms with E-state index in [2.05, 4.69) is 37.1 Å². The van der Waals surface area contributed by atoms with E-state index in [0.29, 0.717) is 21.5 Å². The van der Waals surface area contributed by atoms with Gasteiger partial charge in [0.25, 0.3) is 0 Å². The number of aromatic nitrogens is 3. The van der Waals surface area contributed by atoms with Gasteiger partial charge in [0.15, 0.2) is 20.8 Å². The highest BCUT2D eigenvalue weighted by Gasteiger charge is 2.36. The normalized spacial score (nSPS) is 15.5. The molecule has 0 bridgehead atoms. The first-order chi connectivity index (χ1) is 15.9. The van der Waals surface area contributed by atoms with Gasteiger partial charge in [-0.1, -0.05) is 17.4 Å². The second kappa shape index (κ2) is 9.12. The van der Waals surface area contributed by atoms with E-state index in [0.717, 1.165) is 61.7 Å². The fraction of sp³-hybridized carbons (Fsp3) is 0.381. The minimum absolute atomic E-state index is 0.236. The number of anilines is 3. The number of nitrogens with zero attached hydrogens (tertiary/aromatic N) is 5. The summed E-state index contributed by atoms with van der Waals surface area (Å²) >= 11 is 1.15. The van der Waals surface area contributed by atoms with Crippen LogP contribution in [0, 0.1) is 6.92 Å². The number of rotatable bonds is 5. The molecule has 1 aromatic carbocycles. The largest absolute Gasteiger partial charge is 0.417 e. The van der Waals surface area contributed by atoms with Gasteiger partial charge in [0.1, 0.15) is 5.82 Å². The summed E-state index contributed by atoms with van der Waals surface area (Å²) in [5, 5.41) is 3.52. The van der Waals surface area contributed by atoms with Crippen molar-refractivity contribution in [2.45, 2.75) is 18.0 Å². The fourth-order valence-corrected chi connectivity index (χ4v) is 5.51. The quantitative estimate of drug-likeness (QED) is 0.552. The highest BCUT2D eigenvalue weighted by molar-refractivity contribution is 7.90. The molecule has 13 heteroatoms. The number of nitrogens with one attached hydrogen (secondary N) is 1. The minimum Gasteiger partial charge on any atom is -0.353 e. The SMILES string of the molecule is Cc1nc(Nc2cncc(N3CCN(C)CC3)n2)sc1-c1ccc(S(C)(=O)=O)c(C(F)(F)F)c1. The van der Waals surface area contributed by atoms with Crippen molar-refractivity contribution in [2.75, 3.05) is 49.7 Å². The number of benzene rings is 1. The number of hydrogen-bond donors (Lipinski definition) is 1. The molecule has 8 nitrogen and oxygen atoms in total. The first-order valence-corrected chi connectivity index (χ1v) is 13.0. The van der Waals surface area contributed by atoms with E-state index in [1.165, 1.54) is 6.07 Å². The van der Waals surface area contributed by atoms with Crippen LogP contribution in [0.15, 0.2) is 35.5 Å². The zero-order valence-corrected chi connectivity index (χ0v) is 20.4. The number of piperazine rings is 1. The van der Waals surface area contributed by atoms with Gasteiger partial charge in [0.05, 0.1) is 33.4 Å². The van der Waals surface area contributed by atoms with Gasteiger partial charge in [-0.05, 0) is 31.7 Å². The molecule has 0 amide bonds. The van der Waals surface area contributed by atoms with Gasteiger partial charge in [-0.3, -0.25) is 4.98 Å². The Morgan fingerprint density at radius 1 is 1.09 bits per heavy atom. The molecule has 2 aromatic heterocycles. The Bertz CT molecular complexity index is 1300. The zero-order chi connectivity index (χ0) is 24.7. The van der Waals surface area contributed by atoms with Crippen molar-refractivity contribution in [3.8, 4) is 10.4 Å². The molecule has 3 aromatic rings. The van der Waals surface area contributed by atoms with Crippen molar-refractivity contribution in [1.82, 2.24) is 19.9 Å². The molecule has 1 aliphatic heterocycles. The molecule has 0 spiro atoms. The molecule has 0 saturated carbocycles. The third-order valence-corrected chi connectivity index (χ3v) is 7.70. The molecule has 1 N–H and O–H groups in total. The molecule has 1 fully saturated rings. The van der Waals surface area contributed by atoms with E-state index in [1.54, 1.807) is 19.3 Å². The summed E-state index contributed by atoms with van der Waals surface area (Å²) in [6, 6.07) is 3.21. The van der Waals surface area contributed by atoms with Crippen molar-refractivity contribution in [3.63, 3.8) is 0 Å². The first-order valence-electron chi connectivity index (χ1n) is 10.3. The molecule has 3 heterocycles. The van der Waals surface area contributed by atoms with Crippen molar-refractivity contribution >= 4 is 37.9 Å². The minimum atomic E-state index is -4.81. The number of hydrogen-bond acceptors (Lipinski definition) is 9. The van der Waals surface area contributed by atoms with Crippen molar-refractivity contribution in [2.24, 2.45) is 0 Å². The number of thiazole rings is 1. The lowest BCUT2D eigenvalue weighted by Gasteiger charge is -2.33. The molecule has 1 saturated heterocycles. The smallest absolute Gasteiger partial charge is 0.353 e. The predicted molar refractivity (Wildman–Crippen MR) is 125 cm³/mol. The lowest BCUT2D eigenvalue weighted by Crippen LogP contribution is -2.44. The Kier molecular flexibility index (Phi) is 6.53. The maximum absolute atomic E-state index is 13.6. The van der Waals surface area contributed by atoms with Gasteiger partial charge in [0, 0.05) is 32.4 Å². The van der Waals surface area contributed by atoms with Crippen LogP contribution in [0.25, 0.3) is 10.4 Å². The Hall–Kier alpha value is -2.77.